The van der Waals surface area contributed by atoms with Gasteiger partial charge in [0, 0.05) is 12.1 Å². The van der Waals surface area contributed by atoms with Gasteiger partial charge in [-0.3, -0.25) is 14.9 Å². The highest BCUT2D eigenvalue weighted by atomic mass is 16.2. The normalized spacial score (nSPS) is 11.1. The Morgan fingerprint density at radius 2 is 1.92 bits per heavy atom. The monoisotopic (exact) mass is 332 g/mol. The van der Waals surface area contributed by atoms with E-state index in [0.717, 1.165) is 16.4 Å². The number of nitrogens with one attached hydrogen (secondary N) is 2. The van der Waals surface area contributed by atoms with Gasteiger partial charge in [0.2, 0.25) is 5.95 Å². The molecule has 0 aliphatic carbocycles. The number of imidazole rings is 1. The summed E-state index contributed by atoms with van der Waals surface area (Å²) < 4.78 is 1.91. The predicted molar refractivity (Wildman–Crippen MR) is 97.9 cm³/mol. The van der Waals surface area contributed by atoms with Gasteiger partial charge in [-0.2, -0.15) is 0 Å². The number of anilines is 1. The first kappa shape index (κ1) is 15.1. The van der Waals surface area contributed by atoms with E-state index in [9.17, 15) is 9.59 Å². The van der Waals surface area contributed by atoms with Gasteiger partial charge in [0.25, 0.3) is 11.5 Å². The Labute approximate surface area is 143 Å². The molecule has 0 spiro atoms. The lowest BCUT2D eigenvalue weighted by Gasteiger charge is -2.08. The van der Waals surface area contributed by atoms with Crippen molar-refractivity contribution in [2.75, 3.05) is 5.32 Å². The van der Waals surface area contributed by atoms with Crippen LogP contribution in [0.15, 0.2) is 59.4 Å². The van der Waals surface area contributed by atoms with Crippen molar-refractivity contribution in [3.8, 4) is 0 Å². The fourth-order valence-corrected chi connectivity index (χ4v) is 2.98. The second kappa shape index (κ2) is 5.90. The Morgan fingerprint density at radius 1 is 1.16 bits per heavy atom. The topological polar surface area (TPSA) is 79.8 Å². The van der Waals surface area contributed by atoms with E-state index in [1.165, 1.54) is 0 Å². The number of benzene rings is 2. The number of pyridine rings is 1. The molecule has 6 heteroatoms. The average Bonchev–Trinajstić information content (AvgIpc) is 2.97. The van der Waals surface area contributed by atoms with Gasteiger partial charge in [0.1, 0.15) is 5.56 Å². The zero-order valence-electron chi connectivity index (χ0n) is 13.6. The number of H-pyrrole nitrogens is 1. The molecule has 124 valence electrons. The molecule has 6 nitrogen and oxygen atoms in total. The number of carbonyl (C=O) groups excluding carboxylic acids is 1. The maximum absolute atomic E-state index is 12.6. The average molecular weight is 332 g/mol. The first-order chi connectivity index (χ1) is 12.2. The molecule has 0 saturated heterocycles. The molecule has 4 rings (SSSR count). The molecule has 2 N–H and O–H groups in total. The van der Waals surface area contributed by atoms with Crippen molar-refractivity contribution in [2.24, 2.45) is 0 Å². The Balaban J connectivity index is 1.75. The van der Waals surface area contributed by atoms with Crippen LogP contribution >= 0.6 is 0 Å². The first-order valence-electron chi connectivity index (χ1n) is 8.06. The van der Waals surface area contributed by atoms with Gasteiger partial charge in [-0.15, -0.1) is 0 Å². The third-order valence-electron chi connectivity index (χ3n) is 4.19. The van der Waals surface area contributed by atoms with E-state index in [4.69, 9.17) is 0 Å². The molecule has 4 aromatic rings. The van der Waals surface area contributed by atoms with Crippen LogP contribution in [-0.4, -0.2) is 20.4 Å². The lowest BCUT2D eigenvalue weighted by molar-refractivity contribution is 0.102. The molecule has 0 saturated carbocycles. The van der Waals surface area contributed by atoms with Gasteiger partial charge >= 0.3 is 0 Å². The molecular formula is C19H16N4O2. The van der Waals surface area contributed by atoms with E-state index in [-0.39, 0.29) is 5.56 Å². The Kier molecular flexibility index (Phi) is 3.57. The van der Waals surface area contributed by atoms with Crippen LogP contribution in [0.4, 0.5) is 5.95 Å². The number of para-hydroxylation sites is 3. The van der Waals surface area contributed by atoms with E-state index in [0.29, 0.717) is 18.0 Å². The highest BCUT2D eigenvalue weighted by Crippen LogP contribution is 2.20. The van der Waals surface area contributed by atoms with Crippen molar-refractivity contribution in [1.29, 1.82) is 0 Å². The van der Waals surface area contributed by atoms with Crippen LogP contribution < -0.4 is 10.9 Å². The molecule has 0 atom stereocenters. The molecule has 2 aromatic carbocycles. The van der Waals surface area contributed by atoms with Crippen LogP contribution in [0, 0.1) is 0 Å². The number of hydrogen-bond donors (Lipinski definition) is 2. The summed E-state index contributed by atoms with van der Waals surface area (Å²) in [5.74, 6) is -0.0433. The molecule has 0 fully saturated rings. The van der Waals surface area contributed by atoms with Crippen LogP contribution in [0.2, 0.25) is 0 Å². The molecule has 0 aliphatic heterocycles. The zero-order valence-corrected chi connectivity index (χ0v) is 13.6. The minimum absolute atomic E-state index is 0.0633. The maximum Gasteiger partial charge on any atom is 0.263 e. The molecule has 0 unspecified atom stereocenters. The van der Waals surface area contributed by atoms with Crippen molar-refractivity contribution in [1.82, 2.24) is 14.5 Å². The van der Waals surface area contributed by atoms with E-state index < -0.39 is 11.5 Å². The van der Waals surface area contributed by atoms with Crippen molar-refractivity contribution >= 4 is 33.8 Å². The van der Waals surface area contributed by atoms with E-state index in [1.807, 2.05) is 54.0 Å². The lowest BCUT2D eigenvalue weighted by atomic mass is 10.1. The number of aromatic amines is 1. The Bertz CT molecular complexity index is 1160. The third kappa shape index (κ3) is 2.57. The number of rotatable bonds is 3. The number of nitrogens with zero attached hydrogens (tertiary/aromatic N) is 2. The summed E-state index contributed by atoms with van der Waals surface area (Å²) in [7, 11) is 0. The van der Waals surface area contributed by atoms with Gasteiger partial charge in [-0.1, -0.05) is 30.3 Å². The van der Waals surface area contributed by atoms with Crippen molar-refractivity contribution in [3.63, 3.8) is 0 Å². The molecule has 1 amide bonds. The number of carbonyl (C=O) groups is 1. The number of amides is 1. The number of hydrogen-bond acceptors (Lipinski definition) is 3. The second-order valence-corrected chi connectivity index (χ2v) is 5.72. The summed E-state index contributed by atoms with van der Waals surface area (Å²) in [6.07, 6.45) is 0. The van der Waals surface area contributed by atoms with E-state index in [1.54, 1.807) is 12.1 Å². The standard InChI is InChI=1S/C19H16N4O2/c1-2-23-16-10-6-5-9-15(16)21-19(23)22-18(25)13-11-12-7-3-4-8-14(12)20-17(13)24/h3-11H,2H2,1H3,(H,20,24)(H,21,22,25). The van der Waals surface area contributed by atoms with Crippen molar-refractivity contribution in [2.45, 2.75) is 13.5 Å². The van der Waals surface area contributed by atoms with Crippen LogP contribution in [-0.2, 0) is 6.54 Å². The number of fused-ring (bicyclic) bond motifs is 2. The van der Waals surface area contributed by atoms with Crippen molar-refractivity contribution in [3.05, 3.63) is 70.5 Å². The number of aromatic nitrogens is 3. The molecule has 2 heterocycles. The van der Waals surface area contributed by atoms with Gasteiger partial charge in [-0.05, 0) is 36.6 Å². The molecule has 25 heavy (non-hydrogen) atoms. The summed E-state index contributed by atoms with van der Waals surface area (Å²) >= 11 is 0. The lowest BCUT2D eigenvalue weighted by Crippen LogP contribution is -2.24. The third-order valence-corrected chi connectivity index (χ3v) is 4.19. The molecule has 0 aliphatic rings. The van der Waals surface area contributed by atoms with E-state index >= 15 is 0 Å². The highest BCUT2D eigenvalue weighted by molar-refractivity contribution is 6.05. The van der Waals surface area contributed by atoms with Gasteiger partial charge in [0.15, 0.2) is 0 Å². The van der Waals surface area contributed by atoms with Crippen LogP contribution in [0.5, 0.6) is 0 Å². The SMILES string of the molecule is CCn1c(NC(=O)c2cc3ccccc3[nH]c2=O)nc2ccccc21. The van der Waals surface area contributed by atoms with Gasteiger partial charge in [0.05, 0.1) is 11.0 Å². The summed E-state index contributed by atoms with van der Waals surface area (Å²) in [5.41, 5.74) is 2.08. The van der Waals surface area contributed by atoms with Crippen LogP contribution in [0.1, 0.15) is 17.3 Å². The van der Waals surface area contributed by atoms with E-state index in [2.05, 4.69) is 15.3 Å². The number of aryl methyl sites for hydroxylation is 1. The molecule has 0 bridgehead atoms. The summed E-state index contributed by atoms with van der Waals surface area (Å²) in [4.78, 5) is 32.1. The second-order valence-electron chi connectivity index (χ2n) is 5.72. The first-order valence-corrected chi connectivity index (χ1v) is 8.06. The predicted octanol–water partition coefficient (Wildman–Crippen LogP) is 3.15. The summed E-state index contributed by atoms with van der Waals surface area (Å²) in [6, 6.07) is 16.6. The van der Waals surface area contributed by atoms with Crippen molar-refractivity contribution < 1.29 is 4.79 Å². The highest BCUT2D eigenvalue weighted by Gasteiger charge is 2.16. The smallest absolute Gasteiger partial charge is 0.263 e. The molecule has 0 radical (unpaired) electrons. The molecular weight excluding hydrogens is 316 g/mol. The van der Waals surface area contributed by atoms with Crippen LogP contribution in [0.3, 0.4) is 0 Å². The van der Waals surface area contributed by atoms with Gasteiger partial charge in [-0.25, -0.2) is 4.98 Å². The Hall–Kier alpha value is -3.41. The van der Waals surface area contributed by atoms with Crippen LogP contribution in [0.25, 0.3) is 21.9 Å². The minimum atomic E-state index is -0.475. The maximum atomic E-state index is 12.6. The minimum Gasteiger partial charge on any atom is -0.321 e. The Morgan fingerprint density at radius 3 is 2.76 bits per heavy atom. The zero-order chi connectivity index (χ0) is 17.4. The summed E-state index contributed by atoms with van der Waals surface area (Å²) in [6.45, 7) is 2.64. The quantitative estimate of drug-likeness (QED) is 0.605. The largest absolute Gasteiger partial charge is 0.321 e. The summed E-state index contributed by atoms with van der Waals surface area (Å²) in [5, 5.41) is 3.57. The molecule has 2 aromatic heterocycles. The fourth-order valence-electron chi connectivity index (χ4n) is 2.98. The van der Waals surface area contributed by atoms with Gasteiger partial charge < -0.3 is 9.55 Å². The fraction of sp³-hybridized carbons (Fsp3) is 0.105.